The van der Waals surface area contributed by atoms with Gasteiger partial charge in [0.2, 0.25) is 0 Å². The Kier molecular flexibility index (Phi) is 3.39. The van der Waals surface area contributed by atoms with Crippen LogP contribution >= 0.6 is 0 Å². The van der Waals surface area contributed by atoms with Gasteiger partial charge in [0.1, 0.15) is 11.9 Å². The second kappa shape index (κ2) is 5.06. The van der Waals surface area contributed by atoms with Gasteiger partial charge >= 0.3 is 0 Å². The highest BCUT2D eigenvalue weighted by molar-refractivity contribution is 5.57. The quantitative estimate of drug-likeness (QED) is 0.782. The normalized spacial score (nSPS) is 26.4. The van der Waals surface area contributed by atoms with E-state index in [1.807, 2.05) is 0 Å². The molecule has 2 unspecified atom stereocenters. The third-order valence-corrected chi connectivity index (χ3v) is 4.81. The molecule has 4 nitrogen and oxygen atoms in total. The van der Waals surface area contributed by atoms with Crippen molar-refractivity contribution in [3.05, 3.63) is 22.9 Å². The average molecular weight is 270 g/mol. The number of rotatable bonds is 1. The number of nitrogens with zero attached hydrogens (tertiary/aromatic N) is 4. The van der Waals surface area contributed by atoms with Crippen LogP contribution in [0.2, 0.25) is 0 Å². The van der Waals surface area contributed by atoms with E-state index in [4.69, 9.17) is 4.98 Å². The molecule has 0 saturated carbocycles. The molecule has 0 radical (unpaired) electrons. The summed E-state index contributed by atoms with van der Waals surface area (Å²) in [5, 5.41) is 9.44. The lowest BCUT2D eigenvalue weighted by Crippen LogP contribution is -2.55. The molecule has 0 aromatic carbocycles. The van der Waals surface area contributed by atoms with Gasteiger partial charge in [0.15, 0.2) is 0 Å². The SMILES string of the molecule is CC1CN(c2nc3c(cc2C#N)CCC3)CC(C)N1C. The number of aryl methyl sites for hydroxylation is 2. The van der Waals surface area contributed by atoms with Gasteiger partial charge in [0, 0.05) is 30.9 Å². The Bertz CT molecular complexity index is 548. The molecule has 1 saturated heterocycles. The van der Waals surface area contributed by atoms with Crippen LogP contribution in [0.15, 0.2) is 6.07 Å². The summed E-state index contributed by atoms with van der Waals surface area (Å²) in [6.45, 7) is 6.37. The number of hydrogen-bond donors (Lipinski definition) is 0. The second-order valence-corrected chi connectivity index (χ2v) is 6.20. The van der Waals surface area contributed by atoms with E-state index in [9.17, 15) is 5.26 Å². The first kappa shape index (κ1) is 13.4. The van der Waals surface area contributed by atoms with Gasteiger partial charge in [-0.3, -0.25) is 4.90 Å². The third-order valence-electron chi connectivity index (χ3n) is 4.81. The molecule has 1 aliphatic carbocycles. The van der Waals surface area contributed by atoms with E-state index < -0.39 is 0 Å². The molecule has 106 valence electrons. The van der Waals surface area contributed by atoms with Crippen LogP contribution in [0.25, 0.3) is 0 Å². The van der Waals surface area contributed by atoms with E-state index in [1.54, 1.807) is 0 Å². The molecule has 3 rings (SSSR count). The van der Waals surface area contributed by atoms with E-state index in [0.29, 0.717) is 12.1 Å². The third kappa shape index (κ3) is 2.16. The first-order valence-corrected chi connectivity index (χ1v) is 7.50. The lowest BCUT2D eigenvalue weighted by atomic mass is 10.1. The number of anilines is 1. The van der Waals surface area contributed by atoms with Crippen LogP contribution in [-0.4, -0.2) is 42.1 Å². The maximum Gasteiger partial charge on any atom is 0.146 e. The van der Waals surface area contributed by atoms with E-state index in [1.165, 1.54) is 17.7 Å². The fourth-order valence-electron chi connectivity index (χ4n) is 3.36. The maximum absolute atomic E-state index is 9.44. The summed E-state index contributed by atoms with van der Waals surface area (Å²) in [5.41, 5.74) is 3.23. The highest BCUT2D eigenvalue weighted by Gasteiger charge is 2.29. The minimum Gasteiger partial charge on any atom is -0.352 e. The van der Waals surface area contributed by atoms with Crippen LogP contribution in [0.1, 0.15) is 37.1 Å². The van der Waals surface area contributed by atoms with Gasteiger partial charge in [-0.25, -0.2) is 4.98 Å². The molecule has 1 fully saturated rings. The van der Waals surface area contributed by atoms with Crippen molar-refractivity contribution in [3.8, 4) is 6.07 Å². The van der Waals surface area contributed by atoms with Crippen molar-refractivity contribution >= 4 is 5.82 Å². The Hall–Kier alpha value is -1.60. The Labute approximate surface area is 121 Å². The average Bonchev–Trinajstić information content (AvgIpc) is 2.89. The van der Waals surface area contributed by atoms with Crippen LogP contribution in [0.5, 0.6) is 0 Å². The molecule has 1 aromatic heterocycles. The van der Waals surface area contributed by atoms with Gasteiger partial charge in [-0.15, -0.1) is 0 Å². The Morgan fingerprint density at radius 2 is 1.95 bits per heavy atom. The molecule has 0 amide bonds. The number of hydrogen-bond acceptors (Lipinski definition) is 4. The van der Waals surface area contributed by atoms with Crippen molar-refractivity contribution in [1.82, 2.24) is 9.88 Å². The topological polar surface area (TPSA) is 43.2 Å². The number of likely N-dealkylation sites (N-methyl/N-ethyl adjacent to an activating group) is 1. The van der Waals surface area contributed by atoms with Gasteiger partial charge in [0.05, 0.1) is 5.56 Å². The molecule has 0 N–H and O–H groups in total. The number of nitriles is 1. The van der Waals surface area contributed by atoms with Crippen molar-refractivity contribution < 1.29 is 0 Å². The Balaban J connectivity index is 1.96. The van der Waals surface area contributed by atoms with Crippen molar-refractivity contribution in [3.63, 3.8) is 0 Å². The molecule has 1 aliphatic heterocycles. The summed E-state index contributed by atoms with van der Waals surface area (Å²) in [6, 6.07) is 5.39. The number of pyridine rings is 1. The van der Waals surface area contributed by atoms with Crippen molar-refractivity contribution in [2.75, 3.05) is 25.0 Å². The minimum atomic E-state index is 0.486. The van der Waals surface area contributed by atoms with E-state index in [0.717, 1.165) is 37.3 Å². The van der Waals surface area contributed by atoms with Gasteiger partial charge in [-0.2, -0.15) is 5.26 Å². The van der Waals surface area contributed by atoms with Crippen LogP contribution in [0, 0.1) is 11.3 Å². The summed E-state index contributed by atoms with van der Waals surface area (Å²) >= 11 is 0. The molecule has 2 aliphatic rings. The Morgan fingerprint density at radius 1 is 1.25 bits per heavy atom. The number of piperazine rings is 1. The number of aromatic nitrogens is 1. The zero-order valence-electron chi connectivity index (χ0n) is 12.6. The van der Waals surface area contributed by atoms with Crippen LogP contribution in [0.3, 0.4) is 0 Å². The zero-order valence-corrected chi connectivity index (χ0v) is 12.6. The summed E-state index contributed by atoms with van der Waals surface area (Å²) in [4.78, 5) is 9.52. The van der Waals surface area contributed by atoms with Crippen LogP contribution in [-0.2, 0) is 12.8 Å². The fourth-order valence-corrected chi connectivity index (χ4v) is 3.36. The van der Waals surface area contributed by atoms with E-state index >= 15 is 0 Å². The highest BCUT2D eigenvalue weighted by Crippen LogP contribution is 2.29. The van der Waals surface area contributed by atoms with Crippen molar-refractivity contribution in [1.29, 1.82) is 5.26 Å². The van der Waals surface area contributed by atoms with Crippen molar-refractivity contribution in [2.45, 2.75) is 45.2 Å². The van der Waals surface area contributed by atoms with Gasteiger partial charge in [-0.05, 0) is 51.8 Å². The molecule has 2 heterocycles. The van der Waals surface area contributed by atoms with Crippen LogP contribution in [0.4, 0.5) is 5.82 Å². The highest BCUT2D eigenvalue weighted by atomic mass is 15.3. The predicted molar refractivity (Wildman–Crippen MR) is 79.9 cm³/mol. The van der Waals surface area contributed by atoms with E-state index in [-0.39, 0.29) is 0 Å². The molecule has 4 heteroatoms. The molecular weight excluding hydrogens is 248 g/mol. The molecular formula is C16H22N4. The maximum atomic E-state index is 9.44. The summed E-state index contributed by atoms with van der Waals surface area (Å²) in [5.74, 6) is 0.903. The standard InChI is InChI=1S/C16H22N4/c1-11-9-20(10-12(2)19(11)3)16-14(8-17)7-13-5-4-6-15(13)18-16/h7,11-12H,4-6,9-10H2,1-3H3. The fraction of sp³-hybridized carbons (Fsp3) is 0.625. The first-order chi connectivity index (χ1) is 9.60. The van der Waals surface area contributed by atoms with Gasteiger partial charge in [0.25, 0.3) is 0 Å². The largest absolute Gasteiger partial charge is 0.352 e. The summed E-state index contributed by atoms with van der Waals surface area (Å²) in [6.07, 6.45) is 3.31. The molecule has 20 heavy (non-hydrogen) atoms. The van der Waals surface area contributed by atoms with Gasteiger partial charge in [-0.1, -0.05) is 0 Å². The van der Waals surface area contributed by atoms with Crippen LogP contribution < -0.4 is 4.90 Å². The number of fused-ring (bicyclic) bond motifs is 1. The van der Waals surface area contributed by atoms with E-state index in [2.05, 4.69) is 42.8 Å². The summed E-state index contributed by atoms with van der Waals surface area (Å²) in [7, 11) is 2.17. The smallest absolute Gasteiger partial charge is 0.146 e. The molecule has 0 bridgehead atoms. The molecule has 2 atom stereocenters. The monoisotopic (exact) mass is 270 g/mol. The first-order valence-electron chi connectivity index (χ1n) is 7.50. The lowest BCUT2D eigenvalue weighted by Gasteiger charge is -2.43. The second-order valence-electron chi connectivity index (χ2n) is 6.20. The Morgan fingerprint density at radius 3 is 2.60 bits per heavy atom. The molecule has 0 spiro atoms. The lowest BCUT2D eigenvalue weighted by molar-refractivity contribution is 0.169. The predicted octanol–water partition coefficient (Wildman–Crippen LogP) is 1.97. The summed E-state index contributed by atoms with van der Waals surface area (Å²) < 4.78 is 0. The zero-order chi connectivity index (χ0) is 14.3. The molecule has 1 aromatic rings. The van der Waals surface area contributed by atoms with Crippen molar-refractivity contribution in [2.24, 2.45) is 0 Å². The minimum absolute atomic E-state index is 0.486. The van der Waals surface area contributed by atoms with Gasteiger partial charge < -0.3 is 4.90 Å².